The fourth-order valence-corrected chi connectivity index (χ4v) is 2.58. The van der Waals surface area contributed by atoms with Gasteiger partial charge in [0.1, 0.15) is 11.6 Å². The second-order valence-corrected chi connectivity index (χ2v) is 5.92. The first-order valence-corrected chi connectivity index (χ1v) is 7.29. The van der Waals surface area contributed by atoms with Crippen molar-refractivity contribution in [2.24, 2.45) is 0 Å². The normalized spacial score (nSPS) is 15.4. The Bertz CT molecular complexity index is 508. The molecule has 0 bridgehead atoms. The molecule has 0 heterocycles. The number of benzene rings is 1. The molecule has 0 spiro atoms. The molecule has 7 nitrogen and oxygen atoms in total. The van der Waals surface area contributed by atoms with Gasteiger partial charge in [0, 0.05) is 6.07 Å². The first kappa shape index (κ1) is 15.4. The molecule has 0 saturated carbocycles. The molecule has 0 aliphatic carbocycles. The monoisotopic (exact) mass is 304 g/mol. The predicted molar refractivity (Wildman–Crippen MR) is 54.1 cm³/mol. The second-order valence-electron chi connectivity index (χ2n) is 3.09. The van der Waals surface area contributed by atoms with Crippen LogP contribution in [0.1, 0.15) is 5.56 Å². The Morgan fingerprint density at radius 2 is 1.56 bits per heavy atom. The quantitative estimate of drug-likeness (QED) is 0.709. The number of hydrogen-bond acceptors (Lipinski definition) is 4. The summed E-state index contributed by atoms with van der Waals surface area (Å²) < 4.78 is 54.4. The van der Waals surface area contributed by atoms with Gasteiger partial charge in [-0.25, -0.2) is 17.9 Å². The summed E-state index contributed by atoms with van der Waals surface area (Å²) in [6, 6.07) is 2.22. The van der Waals surface area contributed by atoms with Crippen LogP contribution in [-0.4, -0.2) is 14.7 Å². The van der Waals surface area contributed by atoms with Gasteiger partial charge in [-0.1, -0.05) is 0 Å². The summed E-state index contributed by atoms with van der Waals surface area (Å²) in [5.41, 5.74) is -0.143. The number of halogens is 2. The zero-order valence-corrected chi connectivity index (χ0v) is 10.4. The molecular weight excluding hydrogens is 296 g/mol. The lowest BCUT2D eigenvalue weighted by molar-refractivity contribution is 0.172. The van der Waals surface area contributed by atoms with Gasteiger partial charge >= 0.3 is 15.6 Å². The van der Waals surface area contributed by atoms with Crippen LogP contribution < -0.4 is 0 Å². The third kappa shape index (κ3) is 5.79. The van der Waals surface area contributed by atoms with E-state index in [4.69, 9.17) is 14.7 Å². The SMILES string of the molecule is O=P(O)(O)OP(=O)(O)OCc1cc(F)cc(F)c1. The van der Waals surface area contributed by atoms with Gasteiger partial charge in [-0.2, -0.15) is 4.31 Å². The Hall–Kier alpha value is -0.660. The predicted octanol–water partition coefficient (Wildman–Crippen LogP) is 1.69. The molecule has 1 rings (SSSR count). The molecule has 0 radical (unpaired) electrons. The highest BCUT2D eigenvalue weighted by atomic mass is 31.3. The molecule has 0 fully saturated rings. The lowest BCUT2D eigenvalue weighted by Gasteiger charge is -2.12. The molecule has 1 unspecified atom stereocenters. The largest absolute Gasteiger partial charge is 0.481 e. The highest BCUT2D eigenvalue weighted by Crippen LogP contribution is 2.57. The zero-order chi connectivity index (χ0) is 14.0. The van der Waals surface area contributed by atoms with Crippen LogP contribution in [-0.2, 0) is 24.6 Å². The van der Waals surface area contributed by atoms with Crippen molar-refractivity contribution in [3.63, 3.8) is 0 Å². The Balaban J connectivity index is 2.70. The van der Waals surface area contributed by atoms with Crippen LogP contribution in [0.4, 0.5) is 8.78 Å². The van der Waals surface area contributed by atoms with Gasteiger partial charge in [-0.15, -0.1) is 0 Å². The van der Waals surface area contributed by atoms with Crippen molar-refractivity contribution >= 4 is 15.6 Å². The molecule has 0 aliphatic heterocycles. The van der Waals surface area contributed by atoms with Crippen LogP contribution in [0.5, 0.6) is 0 Å². The van der Waals surface area contributed by atoms with Crippen LogP contribution in [0.2, 0.25) is 0 Å². The summed E-state index contributed by atoms with van der Waals surface area (Å²) in [6.45, 7) is -0.761. The van der Waals surface area contributed by atoms with E-state index in [9.17, 15) is 17.9 Å². The molecule has 0 aliphatic rings. The summed E-state index contributed by atoms with van der Waals surface area (Å²) in [6.07, 6.45) is 0. The molecule has 102 valence electrons. The van der Waals surface area contributed by atoms with E-state index in [1.807, 2.05) is 0 Å². The van der Waals surface area contributed by atoms with E-state index in [2.05, 4.69) is 8.83 Å². The standard InChI is InChI=1S/C7H8F2O7P2/c8-6-1-5(2-7(9)3-6)4-15-18(13,14)16-17(10,11)12/h1-3H,4H2,(H,13,14)(H2,10,11,12). The Morgan fingerprint density at radius 3 is 2.00 bits per heavy atom. The van der Waals surface area contributed by atoms with Crippen LogP contribution in [0.25, 0.3) is 0 Å². The van der Waals surface area contributed by atoms with Crippen molar-refractivity contribution in [2.75, 3.05) is 0 Å². The Morgan fingerprint density at radius 1 is 1.06 bits per heavy atom. The molecule has 1 atom stereocenters. The number of phosphoric ester groups is 1. The molecule has 0 saturated heterocycles. The lowest BCUT2D eigenvalue weighted by Crippen LogP contribution is -1.96. The van der Waals surface area contributed by atoms with Gasteiger partial charge in [0.2, 0.25) is 0 Å². The van der Waals surface area contributed by atoms with Crippen molar-refractivity contribution in [1.82, 2.24) is 0 Å². The minimum absolute atomic E-state index is 0.143. The number of hydrogen-bond donors (Lipinski definition) is 3. The van der Waals surface area contributed by atoms with Gasteiger partial charge in [-0.05, 0) is 17.7 Å². The molecule has 1 aromatic carbocycles. The fraction of sp³-hybridized carbons (Fsp3) is 0.143. The molecule has 1 aromatic rings. The summed E-state index contributed by atoms with van der Waals surface area (Å²) in [7, 11) is -10.2. The Labute approximate surface area is 99.8 Å². The molecule has 0 aromatic heterocycles. The highest BCUT2D eigenvalue weighted by molar-refractivity contribution is 7.60. The van der Waals surface area contributed by atoms with Crippen molar-refractivity contribution < 1.29 is 41.4 Å². The van der Waals surface area contributed by atoms with Crippen molar-refractivity contribution in [2.45, 2.75) is 6.61 Å². The van der Waals surface area contributed by atoms with Crippen LogP contribution in [0.3, 0.4) is 0 Å². The maximum atomic E-state index is 12.7. The summed E-state index contributed by atoms with van der Waals surface area (Å²) in [5.74, 6) is -1.87. The highest BCUT2D eigenvalue weighted by Gasteiger charge is 2.32. The van der Waals surface area contributed by atoms with Gasteiger partial charge in [0.25, 0.3) is 0 Å². The van der Waals surface area contributed by atoms with E-state index < -0.39 is 33.9 Å². The average Bonchev–Trinajstić information content (AvgIpc) is 2.09. The van der Waals surface area contributed by atoms with Crippen molar-refractivity contribution in [1.29, 1.82) is 0 Å². The van der Waals surface area contributed by atoms with Gasteiger partial charge in [0.05, 0.1) is 6.61 Å². The van der Waals surface area contributed by atoms with Gasteiger partial charge in [-0.3, -0.25) is 4.52 Å². The Kier molecular flexibility index (Phi) is 4.74. The second kappa shape index (κ2) is 5.54. The third-order valence-electron chi connectivity index (χ3n) is 1.53. The number of rotatable bonds is 5. The molecular formula is C7H8F2O7P2. The maximum Gasteiger partial charge on any atom is 0.481 e. The molecule has 11 heteroatoms. The van der Waals surface area contributed by atoms with E-state index in [1.54, 1.807) is 0 Å². The van der Waals surface area contributed by atoms with Gasteiger partial charge in [0.15, 0.2) is 0 Å². The zero-order valence-electron chi connectivity index (χ0n) is 8.56. The maximum absolute atomic E-state index is 12.7. The van der Waals surface area contributed by atoms with Crippen LogP contribution in [0.15, 0.2) is 18.2 Å². The summed E-state index contributed by atoms with van der Waals surface area (Å²) in [4.78, 5) is 25.5. The minimum atomic E-state index is -5.21. The van der Waals surface area contributed by atoms with Crippen molar-refractivity contribution in [3.05, 3.63) is 35.4 Å². The van der Waals surface area contributed by atoms with E-state index in [0.717, 1.165) is 12.1 Å². The van der Waals surface area contributed by atoms with E-state index in [-0.39, 0.29) is 5.56 Å². The van der Waals surface area contributed by atoms with E-state index in [0.29, 0.717) is 6.07 Å². The summed E-state index contributed by atoms with van der Waals surface area (Å²) in [5, 5.41) is 0. The van der Waals surface area contributed by atoms with Crippen molar-refractivity contribution in [3.8, 4) is 0 Å². The molecule has 18 heavy (non-hydrogen) atoms. The third-order valence-corrected chi connectivity index (χ3v) is 3.66. The number of phosphoric acid groups is 2. The first-order chi connectivity index (χ1) is 8.07. The molecule has 0 amide bonds. The smallest absolute Gasteiger partial charge is 0.302 e. The molecule has 3 N–H and O–H groups in total. The topological polar surface area (TPSA) is 113 Å². The van der Waals surface area contributed by atoms with Gasteiger partial charge < -0.3 is 14.7 Å². The fourth-order valence-electron chi connectivity index (χ4n) is 1.01. The summed E-state index contributed by atoms with van der Waals surface area (Å²) >= 11 is 0. The first-order valence-electron chi connectivity index (χ1n) is 4.27. The average molecular weight is 304 g/mol. The van der Waals surface area contributed by atoms with Crippen LogP contribution >= 0.6 is 15.6 Å². The van der Waals surface area contributed by atoms with E-state index >= 15 is 0 Å². The minimum Gasteiger partial charge on any atom is -0.302 e. The lowest BCUT2D eigenvalue weighted by atomic mass is 10.2. The van der Waals surface area contributed by atoms with E-state index in [1.165, 1.54) is 0 Å². The van der Waals surface area contributed by atoms with Crippen LogP contribution in [0, 0.1) is 11.6 Å².